The normalized spacial score (nSPS) is 10.0. The van der Waals surface area contributed by atoms with Gasteiger partial charge in [-0.2, -0.15) is 8.42 Å². The van der Waals surface area contributed by atoms with E-state index in [0.29, 0.717) is 0 Å². The Labute approximate surface area is 98.7 Å². The molecule has 0 aliphatic carbocycles. The average molecular weight is 250 g/mol. The van der Waals surface area contributed by atoms with Crippen LogP contribution in [0.2, 0.25) is 0 Å². The fourth-order valence-electron chi connectivity index (χ4n) is 0. The van der Waals surface area contributed by atoms with Crippen molar-refractivity contribution in [2.24, 2.45) is 0 Å². The van der Waals surface area contributed by atoms with Crippen molar-refractivity contribution in [3.05, 3.63) is 0 Å². The second-order valence-corrected chi connectivity index (χ2v) is 1.47. The first-order valence-electron chi connectivity index (χ1n) is 0.837. The first kappa shape index (κ1) is 11.6. The van der Waals surface area contributed by atoms with Crippen LogP contribution < -0.4 is 0 Å². The Bertz CT molecular complexity index is 114. The standard InChI is InChI=1S/Cs.FHO4S.H/c;1-5-6(2,3)4;/h;(H,2,3,4);. The molecule has 0 heterocycles. The molecular formula is H2CsFO4S. The summed E-state index contributed by atoms with van der Waals surface area (Å²) in [5.74, 6) is 0. The van der Waals surface area contributed by atoms with E-state index in [9.17, 15) is 4.53 Å². The zero-order valence-corrected chi connectivity index (χ0v) is 3.27. The summed E-state index contributed by atoms with van der Waals surface area (Å²) in [5.41, 5.74) is 0. The first-order valence-corrected chi connectivity index (χ1v) is 2.20. The van der Waals surface area contributed by atoms with Gasteiger partial charge in [0, 0.05) is 0 Å². The minimum atomic E-state index is -4.83. The molecule has 7 heavy (non-hydrogen) atoms. The van der Waals surface area contributed by atoms with Gasteiger partial charge in [0.2, 0.25) is 0 Å². The van der Waals surface area contributed by atoms with E-state index in [1.165, 1.54) is 0 Å². The molecule has 0 saturated heterocycles. The van der Waals surface area contributed by atoms with Crippen LogP contribution in [0.25, 0.3) is 0 Å². The summed E-state index contributed by atoms with van der Waals surface area (Å²) >= 11 is 0. The average Bonchev–Trinajstić information content (AvgIpc) is 1.35. The third-order valence-electron chi connectivity index (χ3n) is 0.0796. The molecule has 0 amide bonds. The van der Waals surface area contributed by atoms with Crippen molar-refractivity contribution < 1.29 is 21.9 Å². The van der Waals surface area contributed by atoms with E-state index in [1.54, 1.807) is 0 Å². The van der Waals surface area contributed by atoms with Gasteiger partial charge in [-0.3, -0.25) is 4.55 Å². The zero-order valence-electron chi connectivity index (χ0n) is 2.46. The molecule has 1 N–H and O–H groups in total. The summed E-state index contributed by atoms with van der Waals surface area (Å²) in [6.45, 7) is 0. The predicted molar refractivity (Wildman–Crippen MR) is 20.9 cm³/mol. The van der Waals surface area contributed by atoms with Gasteiger partial charge in [0.15, 0.2) is 0 Å². The number of hydrogen-bond donors (Lipinski definition) is 1. The van der Waals surface area contributed by atoms with Gasteiger partial charge < -0.3 is 0 Å². The van der Waals surface area contributed by atoms with Crippen molar-refractivity contribution in [3.8, 4) is 0 Å². The molecule has 0 rings (SSSR count). The van der Waals surface area contributed by atoms with Gasteiger partial charge in [-0.05, 0) is 8.91 Å². The molecule has 0 aromatic rings. The SMILES string of the molecule is O=S(=O)(O)OF.[CsH]. The van der Waals surface area contributed by atoms with Gasteiger partial charge in [-0.1, -0.05) is 0 Å². The molecule has 0 aliphatic rings. The molecule has 0 aromatic heterocycles. The zero-order chi connectivity index (χ0) is 5.21. The van der Waals surface area contributed by atoms with E-state index in [4.69, 9.17) is 13.0 Å². The van der Waals surface area contributed by atoms with Gasteiger partial charge in [-0.25, -0.2) is 0 Å². The van der Waals surface area contributed by atoms with Gasteiger partial charge in [0.05, 0.1) is 0 Å². The number of hydrogen-bond acceptors (Lipinski definition) is 3. The van der Waals surface area contributed by atoms with E-state index in [0.717, 1.165) is 0 Å². The molecule has 7 heteroatoms. The molecule has 0 fully saturated rings. The predicted octanol–water partition coefficient (Wildman–Crippen LogP) is -0.958. The number of rotatable bonds is 1. The van der Waals surface area contributed by atoms with Gasteiger partial charge in [-0.15, -0.1) is 0 Å². The summed E-state index contributed by atoms with van der Waals surface area (Å²) in [5, 5.41) is 0. The van der Waals surface area contributed by atoms with Gasteiger partial charge in [0.1, 0.15) is 0 Å². The van der Waals surface area contributed by atoms with Crippen LogP contribution in [0.4, 0.5) is 4.53 Å². The summed E-state index contributed by atoms with van der Waals surface area (Å²) in [6.07, 6.45) is 0. The van der Waals surface area contributed by atoms with Crippen molar-refractivity contribution in [3.63, 3.8) is 0 Å². The van der Waals surface area contributed by atoms with E-state index < -0.39 is 10.4 Å². The maximum atomic E-state index is 10.2. The fourth-order valence-corrected chi connectivity index (χ4v) is 0. The number of halogens is 1. The summed E-state index contributed by atoms with van der Waals surface area (Å²) in [6, 6.07) is 0. The van der Waals surface area contributed by atoms with Crippen LogP contribution in [0.1, 0.15) is 0 Å². The molecular weight excluding hydrogens is 248 g/mol. The summed E-state index contributed by atoms with van der Waals surface area (Å²) < 4.78 is 37.2. The second-order valence-electron chi connectivity index (χ2n) is 0.491. The van der Waals surface area contributed by atoms with Crippen LogP contribution in [0.3, 0.4) is 0 Å². The van der Waals surface area contributed by atoms with Crippen LogP contribution in [-0.4, -0.2) is 81.9 Å². The molecule has 0 saturated carbocycles. The molecule has 0 aromatic carbocycles. The molecule has 0 radical (unpaired) electrons. The van der Waals surface area contributed by atoms with Crippen molar-refractivity contribution >= 4 is 79.3 Å². The minimum absolute atomic E-state index is 0. The molecule has 0 unspecified atom stereocenters. The quantitative estimate of drug-likeness (QED) is 0.609. The molecule has 0 atom stereocenters. The van der Waals surface area contributed by atoms with Crippen molar-refractivity contribution in [2.75, 3.05) is 0 Å². The van der Waals surface area contributed by atoms with Crippen LogP contribution in [0.15, 0.2) is 0 Å². The molecule has 0 aliphatic heterocycles. The van der Waals surface area contributed by atoms with Gasteiger partial charge >= 0.3 is 79.3 Å². The Balaban J connectivity index is 0. The molecule has 0 bridgehead atoms. The fraction of sp³-hybridized carbons (Fsp3) is 0. The maximum absolute atomic E-state index is 10.2. The molecule has 4 nitrogen and oxygen atoms in total. The Kier molecular flexibility index (Phi) is 7.81. The molecule has 40 valence electrons. The Hall–Kier alpha value is 1.85. The van der Waals surface area contributed by atoms with Gasteiger partial charge in [0.25, 0.3) is 0 Å². The Morgan fingerprint density at radius 1 is 1.57 bits per heavy atom. The van der Waals surface area contributed by atoms with E-state index in [1.807, 2.05) is 4.39 Å². The van der Waals surface area contributed by atoms with E-state index in [2.05, 4.69) is 0 Å². The van der Waals surface area contributed by atoms with Crippen LogP contribution in [0, 0.1) is 0 Å². The van der Waals surface area contributed by atoms with Crippen LogP contribution in [0.5, 0.6) is 0 Å². The first-order chi connectivity index (χ1) is 2.56. The second kappa shape index (κ2) is 4.70. The Morgan fingerprint density at radius 3 is 1.71 bits per heavy atom. The van der Waals surface area contributed by atoms with E-state index in [-0.39, 0.29) is 68.9 Å². The van der Waals surface area contributed by atoms with Crippen molar-refractivity contribution in [1.82, 2.24) is 0 Å². The monoisotopic (exact) mass is 250 g/mol. The van der Waals surface area contributed by atoms with Crippen LogP contribution >= 0.6 is 0 Å². The third kappa shape index (κ3) is 11.4. The molecule has 0 spiro atoms. The van der Waals surface area contributed by atoms with Crippen LogP contribution in [-0.2, 0) is 14.8 Å². The van der Waals surface area contributed by atoms with Crippen molar-refractivity contribution in [1.29, 1.82) is 0 Å². The third-order valence-corrected chi connectivity index (χ3v) is 0.239. The summed E-state index contributed by atoms with van der Waals surface area (Å²) in [4.78, 5) is 0. The summed E-state index contributed by atoms with van der Waals surface area (Å²) in [7, 11) is -4.83. The van der Waals surface area contributed by atoms with E-state index >= 15 is 0 Å². The van der Waals surface area contributed by atoms with Crippen molar-refractivity contribution in [2.45, 2.75) is 0 Å². The topological polar surface area (TPSA) is 63.6 Å². The Morgan fingerprint density at radius 2 is 1.71 bits per heavy atom.